The molecule has 1 N–H and O–H groups in total. The normalized spacial score (nSPS) is 25.8. The lowest BCUT2D eigenvalue weighted by molar-refractivity contribution is 0.00578. The Labute approximate surface area is 120 Å². The third-order valence-corrected chi connectivity index (χ3v) is 5.06. The summed E-state index contributed by atoms with van der Waals surface area (Å²) >= 11 is 0. The topological polar surface area (TPSA) is 51.3 Å². The molecule has 0 unspecified atom stereocenters. The number of aromatic amines is 1. The first kappa shape index (κ1) is 13.9. The first-order valence-electron chi connectivity index (χ1n) is 7.24. The highest BCUT2D eigenvalue weighted by atomic mass is 16.7. The second-order valence-electron chi connectivity index (χ2n) is 7.30. The van der Waals surface area contributed by atoms with Crippen LogP contribution in [0.15, 0.2) is 16.9 Å². The number of rotatable bonds is 2. The molecular formula is C15H22BNO3. The van der Waals surface area contributed by atoms with Gasteiger partial charge in [0.15, 0.2) is 0 Å². The lowest BCUT2D eigenvalue weighted by Gasteiger charge is -2.32. The number of pyridine rings is 1. The van der Waals surface area contributed by atoms with Crippen LogP contribution in [0.1, 0.15) is 53.2 Å². The van der Waals surface area contributed by atoms with Crippen LogP contribution in [0, 0.1) is 0 Å². The monoisotopic (exact) mass is 275 g/mol. The molecule has 0 bridgehead atoms. The van der Waals surface area contributed by atoms with E-state index in [1.54, 1.807) is 6.07 Å². The quantitative estimate of drug-likeness (QED) is 0.836. The first-order chi connectivity index (χ1) is 9.15. The number of nitrogens with one attached hydrogen (secondary N) is 1. The fourth-order valence-corrected chi connectivity index (χ4v) is 2.59. The van der Waals surface area contributed by atoms with Crippen molar-refractivity contribution in [2.45, 2.75) is 64.1 Å². The van der Waals surface area contributed by atoms with E-state index < -0.39 is 7.12 Å². The van der Waals surface area contributed by atoms with Crippen molar-refractivity contribution in [2.75, 3.05) is 0 Å². The van der Waals surface area contributed by atoms with Crippen LogP contribution in [0.25, 0.3) is 0 Å². The molecule has 4 nitrogen and oxygen atoms in total. The summed E-state index contributed by atoms with van der Waals surface area (Å²) in [4.78, 5) is 14.6. The maximum atomic E-state index is 11.6. The zero-order chi connectivity index (χ0) is 14.8. The van der Waals surface area contributed by atoms with Gasteiger partial charge in [-0.05, 0) is 40.5 Å². The summed E-state index contributed by atoms with van der Waals surface area (Å²) in [7, 11) is -0.413. The lowest BCUT2D eigenvalue weighted by Crippen LogP contribution is -2.41. The van der Waals surface area contributed by atoms with Crippen molar-refractivity contribution in [1.82, 2.24) is 4.98 Å². The van der Waals surface area contributed by atoms with Crippen molar-refractivity contribution >= 4 is 12.6 Å². The molecule has 0 spiro atoms. The number of H-pyrrole nitrogens is 1. The van der Waals surface area contributed by atoms with Crippen LogP contribution in [-0.2, 0) is 14.7 Å². The Kier molecular flexibility index (Phi) is 2.77. The fourth-order valence-electron chi connectivity index (χ4n) is 2.59. The van der Waals surface area contributed by atoms with Gasteiger partial charge in [-0.1, -0.05) is 13.0 Å². The van der Waals surface area contributed by atoms with Crippen LogP contribution in [0.3, 0.4) is 0 Å². The van der Waals surface area contributed by atoms with Crippen LogP contribution < -0.4 is 11.0 Å². The Morgan fingerprint density at radius 3 is 2.10 bits per heavy atom. The van der Waals surface area contributed by atoms with Crippen LogP contribution in [-0.4, -0.2) is 23.3 Å². The highest BCUT2D eigenvalue weighted by Gasteiger charge is 2.54. The van der Waals surface area contributed by atoms with Crippen molar-refractivity contribution in [3.8, 4) is 0 Å². The fraction of sp³-hybridized carbons (Fsp3) is 0.667. The van der Waals surface area contributed by atoms with Gasteiger partial charge in [0.2, 0.25) is 5.56 Å². The summed E-state index contributed by atoms with van der Waals surface area (Å²) in [6.45, 7) is 10.3. The Hall–Kier alpha value is -1.07. The van der Waals surface area contributed by atoms with Crippen molar-refractivity contribution in [2.24, 2.45) is 0 Å². The average molecular weight is 275 g/mol. The van der Waals surface area contributed by atoms with E-state index in [0.717, 1.165) is 24.0 Å². The van der Waals surface area contributed by atoms with Gasteiger partial charge in [-0.3, -0.25) is 4.79 Å². The summed E-state index contributed by atoms with van der Waals surface area (Å²) in [6, 6.07) is 3.40. The Balaban J connectivity index is 2.02. The summed E-state index contributed by atoms with van der Waals surface area (Å²) in [6.07, 6.45) is 2.19. The molecule has 5 heteroatoms. The van der Waals surface area contributed by atoms with Gasteiger partial charge in [0.1, 0.15) is 0 Å². The van der Waals surface area contributed by atoms with Crippen LogP contribution >= 0.6 is 0 Å². The number of aromatic nitrogens is 1. The van der Waals surface area contributed by atoms with E-state index in [4.69, 9.17) is 9.31 Å². The smallest absolute Gasteiger partial charge is 0.399 e. The molecular weight excluding hydrogens is 253 g/mol. The minimum Gasteiger partial charge on any atom is -0.399 e. The molecule has 1 aromatic rings. The SMILES string of the molecule is CC1(c2[nH]c(=O)ccc2B2OC(C)(C)C(C)(C)O2)CC1. The summed E-state index contributed by atoms with van der Waals surface area (Å²) in [5.41, 5.74) is 1.21. The standard InChI is InChI=1S/C15H22BNO3/c1-13(2)14(3,4)20-16(19-13)10-6-7-11(18)17-12(10)15(5)8-9-15/h6-7H,8-9H2,1-5H3,(H,17,18). The van der Waals surface area contributed by atoms with E-state index >= 15 is 0 Å². The second kappa shape index (κ2) is 3.98. The van der Waals surface area contributed by atoms with Gasteiger partial charge in [0.05, 0.1) is 11.2 Å². The first-order valence-corrected chi connectivity index (χ1v) is 7.24. The van der Waals surface area contributed by atoms with Gasteiger partial charge in [0, 0.05) is 22.6 Å². The van der Waals surface area contributed by atoms with Gasteiger partial charge in [-0.15, -0.1) is 0 Å². The van der Waals surface area contributed by atoms with Gasteiger partial charge in [-0.25, -0.2) is 0 Å². The van der Waals surface area contributed by atoms with Crippen LogP contribution in [0.5, 0.6) is 0 Å². The molecule has 0 amide bonds. The molecule has 1 aliphatic heterocycles. The Bertz CT molecular complexity index is 585. The molecule has 1 aromatic heterocycles. The third-order valence-electron chi connectivity index (χ3n) is 5.06. The van der Waals surface area contributed by atoms with Crippen molar-refractivity contribution < 1.29 is 9.31 Å². The molecule has 2 aliphatic rings. The number of hydrogen-bond donors (Lipinski definition) is 1. The molecule has 3 rings (SSSR count). The summed E-state index contributed by atoms with van der Waals surface area (Å²) < 4.78 is 12.2. The summed E-state index contributed by atoms with van der Waals surface area (Å²) in [5, 5.41) is 0. The second-order valence-corrected chi connectivity index (χ2v) is 7.30. The van der Waals surface area contributed by atoms with Crippen molar-refractivity contribution in [1.29, 1.82) is 0 Å². The number of hydrogen-bond acceptors (Lipinski definition) is 3. The van der Waals surface area contributed by atoms with E-state index in [1.807, 2.05) is 33.8 Å². The highest BCUT2D eigenvalue weighted by molar-refractivity contribution is 6.62. The predicted octanol–water partition coefficient (Wildman–Crippen LogP) is 1.73. The molecule has 2 heterocycles. The Morgan fingerprint density at radius 1 is 1.05 bits per heavy atom. The molecule has 20 heavy (non-hydrogen) atoms. The predicted molar refractivity (Wildman–Crippen MR) is 79.4 cm³/mol. The zero-order valence-corrected chi connectivity index (χ0v) is 12.9. The summed E-state index contributed by atoms with van der Waals surface area (Å²) in [5.74, 6) is 0. The van der Waals surface area contributed by atoms with Gasteiger partial charge in [-0.2, -0.15) is 0 Å². The van der Waals surface area contributed by atoms with E-state index in [1.165, 1.54) is 0 Å². The van der Waals surface area contributed by atoms with Crippen molar-refractivity contribution in [3.63, 3.8) is 0 Å². The maximum absolute atomic E-state index is 11.6. The van der Waals surface area contributed by atoms with E-state index in [9.17, 15) is 4.79 Å². The molecule has 1 aliphatic carbocycles. The largest absolute Gasteiger partial charge is 0.496 e. The van der Waals surface area contributed by atoms with Gasteiger partial charge in [0.25, 0.3) is 0 Å². The molecule has 0 radical (unpaired) electrons. The van der Waals surface area contributed by atoms with Gasteiger partial charge < -0.3 is 14.3 Å². The molecule has 1 saturated heterocycles. The van der Waals surface area contributed by atoms with Crippen LogP contribution in [0.4, 0.5) is 0 Å². The van der Waals surface area contributed by atoms with E-state index in [0.29, 0.717) is 0 Å². The highest BCUT2D eigenvalue weighted by Crippen LogP contribution is 2.46. The average Bonchev–Trinajstić information content (AvgIpc) is 3.02. The maximum Gasteiger partial charge on any atom is 0.496 e. The Morgan fingerprint density at radius 2 is 1.60 bits per heavy atom. The zero-order valence-electron chi connectivity index (χ0n) is 12.9. The van der Waals surface area contributed by atoms with E-state index in [2.05, 4.69) is 11.9 Å². The molecule has 1 saturated carbocycles. The molecule has 0 atom stereocenters. The minimum absolute atomic E-state index is 0.0617. The molecule has 2 fully saturated rings. The molecule has 0 aromatic carbocycles. The third kappa shape index (κ3) is 2.04. The molecule has 108 valence electrons. The van der Waals surface area contributed by atoms with Crippen LogP contribution in [0.2, 0.25) is 0 Å². The minimum atomic E-state index is -0.413. The van der Waals surface area contributed by atoms with E-state index in [-0.39, 0.29) is 22.2 Å². The lowest BCUT2D eigenvalue weighted by atomic mass is 9.75. The van der Waals surface area contributed by atoms with Gasteiger partial charge >= 0.3 is 7.12 Å². The van der Waals surface area contributed by atoms with Crippen molar-refractivity contribution in [3.05, 3.63) is 28.2 Å².